The van der Waals surface area contributed by atoms with Crippen LogP contribution in [0.2, 0.25) is 0 Å². The Kier molecular flexibility index (Phi) is 6.39. The number of nitrogens with one attached hydrogen (secondary N) is 1. The third kappa shape index (κ3) is 4.95. The topological polar surface area (TPSA) is 50.2 Å². The minimum Gasteiger partial charge on any atom is -0.310 e. The molecule has 0 bridgehead atoms. The summed E-state index contributed by atoms with van der Waals surface area (Å²) in [5.74, 6) is 6.00. The fourth-order valence-corrected chi connectivity index (χ4v) is 5.95. The average molecular weight is 383 g/mol. The molecular formula is C18H30N4OS2. The van der Waals surface area contributed by atoms with Gasteiger partial charge in [0.1, 0.15) is 5.82 Å². The van der Waals surface area contributed by atoms with Crippen molar-refractivity contribution in [2.75, 3.05) is 41.4 Å². The molecule has 0 spiro atoms. The van der Waals surface area contributed by atoms with Crippen molar-refractivity contribution in [2.24, 2.45) is 5.41 Å². The van der Waals surface area contributed by atoms with E-state index in [1.54, 1.807) is 6.20 Å². The van der Waals surface area contributed by atoms with E-state index >= 15 is 0 Å². The average Bonchev–Trinajstić information content (AvgIpc) is 2.87. The molecule has 0 atom stereocenters. The van der Waals surface area contributed by atoms with E-state index in [4.69, 9.17) is 0 Å². The van der Waals surface area contributed by atoms with Gasteiger partial charge in [-0.3, -0.25) is 9.69 Å². The number of rotatable bonds is 3. The second kappa shape index (κ2) is 8.35. The predicted octanol–water partition coefficient (Wildman–Crippen LogP) is 3.35. The largest absolute Gasteiger partial charge is 0.310 e. The molecule has 7 heteroatoms. The van der Waals surface area contributed by atoms with Gasteiger partial charge in [-0.25, -0.2) is 4.68 Å². The summed E-state index contributed by atoms with van der Waals surface area (Å²) in [6, 6.07) is 3.01. The van der Waals surface area contributed by atoms with Gasteiger partial charge >= 0.3 is 0 Å². The van der Waals surface area contributed by atoms with Crippen LogP contribution in [-0.4, -0.2) is 62.7 Å². The predicted molar refractivity (Wildman–Crippen MR) is 109 cm³/mol. The van der Waals surface area contributed by atoms with Gasteiger partial charge in [0, 0.05) is 53.6 Å². The molecule has 0 saturated carbocycles. The van der Waals surface area contributed by atoms with Crippen LogP contribution in [0.5, 0.6) is 0 Å². The summed E-state index contributed by atoms with van der Waals surface area (Å²) in [6.07, 6.45) is 4.00. The Hall–Kier alpha value is -0.660. The van der Waals surface area contributed by atoms with Crippen molar-refractivity contribution in [2.45, 2.75) is 45.7 Å². The number of nitrogens with zero attached hydrogens (tertiary/aromatic N) is 3. The number of likely N-dealkylation sites (tertiary alicyclic amines) is 1. The number of carbonyl (C=O) groups excluding carboxylic acids is 1. The summed E-state index contributed by atoms with van der Waals surface area (Å²) in [4.78, 5) is 15.0. The van der Waals surface area contributed by atoms with Crippen molar-refractivity contribution in [3.05, 3.63) is 12.3 Å². The molecule has 2 aliphatic rings. The Morgan fingerprint density at radius 2 is 1.80 bits per heavy atom. The van der Waals surface area contributed by atoms with Gasteiger partial charge in [0.15, 0.2) is 0 Å². The van der Waals surface area contributed by atoms with Gasteiger partial charge in [-0.05, 0) is 12.8 Å². The quantitative estimate of drug-likeness (QED) is 0.869. The summed E-state index contributed by atoms with van der Waals surface area (Å²) >= 11 is 4.20. The fourth-order valence-electron chi connectivity index (χ4n) is 3.32. The van der Waals surface area contributed by atoms with E-state index in [1.165, 1.54) is 23.0 Å². The summed E-state index contributed by atoms with van der Waals surface area (Å²) in [5, 5.41) is 7.55. The second-order valence-electron chi connectivity index (χ2n) is 7.94. The van der Waals surface area contributed by atoms with Gasteiger partial charge < -0.3 is 5.32 Å². The molecule has 1 aromatic heterocycles. The van der Waals surface area contributed by atoms with E-state index in [-0.39, 0.29) is 5.91 Å². The first-order valence-corrected chi connectivity index (χ1v) is 11.5. The van der Waals surface area contributed by atoms with Crippen LogP contribution in [0.3, 0.4) is 0 Å². The molecule has 1 amide bonds. The highest BCUT2D eigenvalue weighted by molar-refractivity contribution is 8.03. The maximum atomic E-state index is 12.3. The monoisotopic (exact) mass is 382 g/mol. The van der Waals surface area contributed by atoms with Crippen LogP contribution in [0.25, 0.3) is 0 Å². The van der Waals surface area contributed by atoms with E-state index in [2.05, 4.69) is 38.8 Å². The van der Waals surface area contributed by atoms with E-state index in [9.17, 15) is 4.79 Å². The van der Waals surface area contributed by atoms with Crippen LogP contribution in [0.4, 0.5) is 5.82 Å². The number of carbonyl (C=O) groups is 1. The van der Waals surface area contributed by atoms with Crippen LogP contribution >= 0.6 is 23.5 Å². The molecule has 2 fully saturated rings. The molecule has 3 heterocycles. The van der Waals surface area contributed by atoms with Crippen LogP contribution in [-0.2, 0) is 4.79 Å². The van der Waals surface area contributed by atoms with Crippen LogP contribution in [0.15, 0.2) is 12.3 Å². The second-order valence-corrected chi connectivity index (χ2v) is 10.2. The maximum absolute atomic E-state index is 12.3. The third-order valence-electron chi connectivity index (χ3n) is 4.95. The SMILES string of the molecule is CC(C)(C)C(=O)Nc1ccnn1C1CCN(C2CSCCSC2)CC1. The minimum absolute atomic E-state index is 0.0409. The lowest BCUT2D eigenvalue weighted by Crippen LogP contribution is -2.44. The summed E-state index contributed by atoms with van der Waals surface area (Å²) in [5.41, 5.74) is -0.396. The highest BCUT2D eigenvalue weighted by Crippen LogP contribution is 2.29. The molecule has 1 aromatic rings. The molecular weight excluding hydrogens is 352 g/mol. The number of hydrogen-bond acceptors (Lipinski definition) is 5. The lowest BCUT2D eigenvalue weighted by atomic mass is 9.96. The van der Waals surface area contributed by atoms with Crippen LogP contribution in [0.1, 0.15) is 39.7 Å². The standard InChI is InChI=1S/C18H30N4OS2/c1-18(2,3)17(23)20-16-4-7-19-22(16)14-5-8-21(9-6-14)15-12-24-10-11-25-13-15/h4,7,14-15H,5-6,8-13H2,1-3H3,(H,20,23). The fraction of sp³-hybridized carbons (Fsp3) is 0.778. The van der Waals surface area contributed by atoms with Crippen LogP contribution < -0.4 is 5.32 Å². The van der Waals surface area contributed by atoms with E-state index < -0.39 is 5.41 Å². The number of anilines is 1. The van der Waals surface area contributed by atoms with Gasteiger partial charge in [-0.1, -0.05) is 20.8 Å². The van der Waals surface area contributed by atoms with Crippen LogP contribution in [0, 0.1) is 5.41 Å². The molecule has 2 aliphatic heterocycles. The Bertz CT molecular complexity index is 568. The van der Waals surface area contributed by atoms with E-state index in [0.717, 1.165) is 37.8 Å². The Labute approximate surface area is 159 Å². The van der Waals surface area contributed by atoms with Gasteiger partial charge in [0.05, 0.1) is 12.2 Å². The molecule has 0 aliphatic carbocycles. The lowest BCUT2D eigenvalue weighted by molar-refractivity contribution is -0.123. The first-order chi connectivity index (χ1) is 11.9. The van der Waals surface area contributed by atoms with Gasteiger partial charge in [-0.2, -0.15) is 28.6 Å². The molecule has 0 aromatic carbocycles. The summed E-state index contributed by atoms with van der Waals surface area (Å²) < 4.78 is 2.03. The highest BCUT2D eigenvalue weighted by Gasteiger charge is 2.29. The van der Waals surface area contributed by atoms with Crippen molar-refractivity contribution >= 4 is 35.2 Å². The van der Waals surface area contributed by atoms with Crippen molar-refractivity contribution in [1.29, 1.82) is 0 Å². The smallest absolute Gasteiger partial charge is 0.230 e. The maximum Gasteiger partial charge on any atom is 0.230 e. The van der Waals surface area contributed by atoms with Crippen molar-refractivity contribution in [1.82, 2.24) is 14.7 Å². The van der Waals surface area contributed by atoms with Gasteiger partial charge in [0.25, 0.3) is 0 Å². The zero-order valence-electron chi connectivity index (χ0n) is 15.5. The molecule has 3 rings (SSSR count). The van der Waals surface area contributed by atoms with Crippen molar-refractivity contribution in [3.8, 4) is 0 Å². The minimum atomic E-state index is -0.396. The molecule has 0 unspecified atom stereocenters. The van der Waals surface area contributed by atoms with Crippen molar-refractivity contribution < 1.29 is 4.79 Å². The number of hydrogen-bond donors (Lipinski definition) is 1. The first-order valence-electron chi connectivity index (χ1n) is 9.19. The molecule has 2 saturated heterocycles. The third-order valence-corrected chi connectivity index (χ3v) is 7.43. The zero-order chi connectivity index (χ0) is 17.9. The Morgan fingerprint density at radius 1 is 1.16 bits per heavy atom. The van der Waals surface area contributed by atoms with Crippen molar-refractivity contribution in [3.63, 3.8) is 0 Å². The highest BCUT2D eigenvalue weighted by atomic mass is 32.2. The van der Waals surface area contributed by atoms with Gasteiger partial charge in [-0.15, -0.1) is 0 Å². The number of piperidine rings is 1. The molecule has 5 nitrogen and oxygen atoms in total. The molecule has 0 radical (unpaired) electrons. The Balaban J connectivity index is 1.58. The number of amides is 1. The van der Waals surface area contributed by atoms with Gasteiger partial charge in [0.2, 0.25) is 5.91 Å². The summed E-state index contributed by atoms with van der Waals surface area (Å²) in [6.45, 7) is 8.06. The van der Waals surface area contributed by atoms with E-state index in [0.29, 0.717) is 6.04 Å². The van der Waals surface area contributed by atoms with E-state index in [1.807, 2.05) is 31.5 Å². The Morgan fingerprint density at radius 3 is 2.40 bits per heavy atom. The zero-order valence-corrected chi connectivity index (χ0v) is 17.2. The molecule has 1 N–H and O–H groups in total. The molecule has 140 valence electrons. The normalized spacial score (nSPS) is 21.9. The number of aromatic nitrogens is 2. The first kappa shape index (κ1) is 19.1. The number of thioether (sulfide) groups is 2. The molecule has 25 heavy (non-hydrogen) atoms. The summed E-state index contributed by atoms with van der Waals surface area (Å²) in [7, 11) is 0. The lowest BCUT2D eigenvalue weighted by Gasteiger charge is -2.37.